The predicted molar refractivity (Wildman–Crippen MR) is 37.2 cm³/mol. The molecule has 0 unspecified atom stereocenters. The van der Waals surface area contributed by atoms with E-state index in [-0.39, 0.29) is 11.5 Å². The number of nitrogens with zero attached hydrogens (tertiary/aromatic N) is 1. The maximum absolute atomic E-state index is 10.8. The predicted octanol–water partition coefficient (Wildman–Crippen LogP) is 1.13. The zero-order valence-corrected chi connectivity index (χ0v) is 5.79. The Hall–Kier alpha value is -1.12. The number of ketones is 1. The molecule has 0 amide bonds. The van der Waals surface area contributed by atoms with Crippen LogP contribution < -0.4 is 0 Å². The summed E-state index contributed by atoms with van der Waals surface area (Å²) >= 11 is 0. The van der Waals surface area contributed by atoms with E-state index in [2.05, 4.69) is 5.16 Å². The number of oxime groups is 1. The van der Waals surface area contributed by atoms with Gasteiger partial charge in [0.1, 0.15) is 5.71 Å². The lowest BCUT2D eigenvalue weighted by atomic mass is 9.98. The van der Waals surface area contributed by atoms with Gasteiger partial charge in [0.2, 0.25) is 0 Å². The van der Waals surface area contributed by atoms with E-state index >= 15 is 0 Å². The van der Waals surface area contributed by atoms with Crippen LogP contribution >= 0.6 is 0 Å². The lowest BCUT2D eigenvalue weighted by Gasteiger charge is -2.06. The first kappa shape index (κ1) is 6.99. The second kappa shape index (κ2) is 2.64. The number of Topliss-reactive ketones (excluding diaryl/α,β-unsaturated/α-hetero) is 1. The van der Waals surface area contributed by atoms with Gasteiger partial charge in [0, 0.05) is 6.42 Å². The maximum Gasteiger partial charge on any atom is 0.184 e. The van der Waals surface area contributed by atoms with Crippen LogP contribution in [-0.2, 0) is 4.79 Å². The van der Waals surface area contributed by atoms with Crippen LogP contribution in [0.3, 0.4) is 0 Å². The molecular formula is C7H9NO2. The third-order valence-corrected chi connectivity index (χ3v) is 1.52. The molecule has 10 heavy (non-hydrogen) atoms. The molecule has 0 heterocycles. The third-order valence-electron chi connectivity index (χ3n) is 1.52. The minimum absolute atomic E-state index is 0.0758. The lowest BCUT2D eigenvalue weighted by Crippen LogP contribution is -2.15. The summed E-state index contributed by atoms with van der Waals surface area (Å²) in [5, 5.41) is 11.2. The molecule has 0 saturated carbocycles. The van der Waals surface area contributed by atoms with Crippen LogP contribution in [0.4, 0.5) is 0 Å². The summed E-state index contributed by atoms with van der Waals surface area (Å²) in [6.07, 6.45) is 2.88. The van der Waals surface area contributed by atoms with Crippen LogP contribution in [0.15, 0.2) is 16.8 Å². The SMILES string of the molecule is CC1=CC(=NO)C(=O)CC1. The summed E-state index contributed by atoms with van der Waals surface area (Å²) in [6.45, 7) is 1.91. The number of hydrogen-bond donors (Lipinski definition) is 1. The molecule has 1 aliphatic rings. The second-order valence-corrected chi connectivity index (χ2v) is 2.40. The Kier molecular flexibility index (Phi) is 1.85. The van der Waals surface area contributed by atoms with Crippen LogP contribution in [0.5, 0.6) is 0 Å². The van der Waals surface area contributed by atoms with Gasteiger partial charge < -0.3 is 5.21 Å². The van der Waals surface area contributed by atoms with E-state index in [1.165, 1.54) is 0 Å². The Balaban J connectivity index is 2.89. The first-order chi connectivity index (χ1) is 4.74. The molecule has 0 aromatic rings. The van der Waals surface area contributed by atoms with E-state index in [4.69, 9.17) is 5.21 Å². The van der Waals surface area contributed by atoms with Gasteiger partial charge in [-0.25, -0.2) is 0 Å². The molecule has 3 nitrogen and oxygen atoms in total. The molecule has 0 aliphatic heterocycles. The van der Waals surface area contributed by atoms with E-state index < -0.39 is 0 Å². The fraction of sp³-hybridized carbons (Fsp3) is 0.429. The Bertz CT molecular complexity index is 216. The van der Waals surface area contributed by atoms with Crippen molar-refractivity contribution in [1.82, 2.24) is 0 Å². The molecule has 1 aliphatic carbocycles. The lowest BCUT2D eigenvalue weighted by molar-refractivity contribution is -0.113. The summed E-state index contributed by atoms with van der Waals surface area (Å²) in [7, 11) is 0. The van der Waals surface area contributed by atoms with Gasteiger partial charge >= 0.3 is 0 Å². The van der Waals surface area contributed by atoms with Crippen molar-refractivity contribution in [1.29, 1.82) is 0 Å². The fourth-order valence-corrected chi connectivity index (χ4v) is 0.909. The first-order valence-electron chi connectivity index (χ1n) is 3.16. The number of carbonyl (C=O) groups excluding carboxylic acids is 1. The molecule has 0 atom stereocenters. The van der Waals surface area contributed by atoms with E-state index in [1.54, 1.807) is 6.08 Å². The summed E-state index contributed by atoms with van der Waals surface area (Å²) < 4.78 is 0. The van der Waals surface area contributed by atoms with Gasteiger partial charge in [-0.3, -0.25) is 4.79 Å². The molecule has 0 aromatic carbocycles. The zero-order valence-electron chi connectivity index (χ0n) is 5.79. The van der Waals surface area contributed by atoms with Gasteiger partial charge in [-0.2, -0.15) is 0 Å². The number of hydrogen-bond acceptors (Lipinski definition) is 3. The number of rotatable bonds is 0. The van der Waals surface area contributed by atoms with E-state index in [0.29, 0.717) is 6.42 Å². The highest BCUT2D eigenvalue weighted by Crippen LogP contribution is 2.11. The average Bonchev–Trinajstić information content (AvgIpc) is 1.94. The molecule has 54 valence electrons. The average molecular weight is 139 g/mol. The quantitative estimate of drug-likeness (QED) is 0.404. The standard InChI is InChI=1S/C7H9NO2/c1-5-2-3-7(9)6(4-5)8-10/h4,10H,2-3H2,1H3. The van der Waals surface area contributed by atoms with E-state index in [0.717, 1.165) is 12.0 Å². The molecular weight excluding hydrogens is 130 g/mol. The smallest absolute Gasteiger partial charge is 0.184 e. The van der Waals surface area contributed by atoms with Gasteiger partial charge in [-0.1, -0.05) is 10.7 Å². The van der Waals surface area contributed by atoms with Crippen molar-refractivity contribution in [2.45, 2.75) is 19.8 Å². The summed E-state index contributed by atoms with van der Waals surface area (Å²) in [4.78, 5) is 10.8. The number of carbonyl (C=O) groups is 1. The van der Waals surface area contributed by atoms with Gasteiger partial charge in [0.25, 0.3) is 0 Å². The monoisotopic (exact) mass is 139 g/mol. The first-order valence-corrected chi connectivity index (χ1v) is 3.16. The minimum atomic E-state index is -0.0758. The molecule has 0 bridgehead atoms. The van der Waals surface area contributed by atoms with Crippen molar-refractivity contribution in [3.05, 3.63) is 11.6 Å². The molecule has 0 radical (unpaired) electrons. The zero-order chi connectivity index (χ0) is 7.56. The summed E-state index contributed by atoms with van der Waals surface area (Å²) in [5.74, 6) is -0.0758. The highest BCUT2D eigenvalue weighted by atomic mass is 16.4. The minimum Gasteiger partial charge on any atom is -0.410 e. The van der Waals surface area contributed by atoms with Crippen LogP contribution in [0, 0.1) is 0 Å². The number of allylic oxidation sites excluding steroid dienone is 2. The van der Waals surface area contributed by atoms with Crippen LogP contribution in [0.2, 0.25) is 0 Å². The largest absolute Gasteiger partial charge is 0.410 e. The summed E-state index contributed by atoms with van der Waals surface area (Å²) in [6, 6.07) is 0. The van der Waals surface area contributed by atoms with Crippen molar-refractivity contribution in [2.75, 3.05) is 0 Å². The molecule has 1 rings (SSSR count). The Morgan fingerprint density at radius 3 is 2.80 bits per heavy atom. The highest BCUT2D eigenvalue weighted by Gasteiger charge is 2.14. The van der Waals surface area contributed by atoms with Crippen molar-refractivity contribution >= 4 is 11.5 Å². The molecule has 3 heteroatoms. The van der Waals surface area contributed by atoms with Gasteiger partial charge in [0.05, 0.1) is 0 Å². The topological polar surface area (TPSA) is 49.7 Å². The molecule has 0 saturated heterocycles. The Morgan fingerprint density at radius 1 is 1.60 bits per heavy atom. The molecule has 0 spiro atoms. The van der Waals surface area contributed by atoms with E-state index in [1.807, 2.05) is 6.92 Å². The Morgan fingerprint density at radius 2 is 2.30 bits per heavy atom. The maximum atomic E-state index is 10.8. The van der Waals surface area contributed by atoms with Crippen LogP contribution in [0.25, 0.3) is 0 Å². The molecule has 0 fully saturated rings. The van der Waals surface area contributed by atoms with Gasteiger partial charge in [0.15, 0.2) is 5.78 Å². The molecule has 0 aromatic heterocycles. The third kappa shape index (κ3) is 1.23. The Labute approximate surface area is 59.0 Å². The highest BCUT2D eigenvalue weighted by molar-refractivity contribution is 6.44. The van der Waals surface area contributed by atoms with E-state index in [9.17, 15) is 4.79 Å². The van der Waals surface area contributed by atoms with Gasteiger partial charge in [-0.15, -0.1) is 0 Å². The van der Waals surface area contributed by atoms with Crippen molar-refractivity contribution in [3.63, 3.8) is 0 Å². The van der Waals surface area contributed by atoms with Crippen molar-refractivity contribution < 1.29 is 10.0 Å². The van der Waals surface area contributed by atoms with Crippen LogP contribution in [-0.4, -0.2) is 16.7 Å². The normalized spacial score (nSPS) is 23.1. The fourth-order valence-electron chi connectivity index (χ4n) is 0.909. The second-order valence-electron chi connectivity index (χ2n) is 2.40. The van der Waals surface area contributed by atoms with Crippen molar-refractivity contribution in [3.8, 4) is 0 Å². The van der Waals surface area contributed by atoms with Crippen molar-refractivity contribution in [2.24, 2.45) is 5.16 Å². The molecule has 1 N–H and O–H groups in total. The van der Waals surface area contributed by atoms with Crippen LogP contribution in [0.1, 0.15) is 19.8 Å². The van der Waals surface area contributed by atoms with Gasteiger partial charge in [-0.05, 0) is 19.4 Å². The summed E-state index contributed by atoms with van der Waals surface area (Å²) in [5.41, 5.74) is 1.27.